The Balaban J connectivity index is 1.61. The second-order valence-corrected chi connectivity index (χ2v) is 8.06. The van der Waals surface area contributed by atoms with Crippen LogP contribution in [0.4, 0.5) is 10.1 Å². The van der Waals surface area contributed by atoms with Gasteiger partial charge in [-0.3, -0.25) is 14.0 Å². The summed E-state index contributed by atoms with van der Waals surface area (Å²) in [6, 6.07) is 7.84. The van der Waals surface area contributed by atoms with Crippen molar-refractivity contribution in [2.45, 2.75) is 40.0 Å². The molecule has 5 nitrogen and oxygen atoms in total. The number of ketones is 1. The van der Waals surface area contributed by atoms with Gasteiger partial charge in [0.05, 0.1) is 5.69 Å². The third-order valence-electron chi connectivity index (χ3n) is 6.03. The predicted molar refractivity (Wildman–Crippen MR) is 116 cm³/mol. The van der Waals surface area contributed by atoms with Crippen molar-refractivity contribution < 1.29 is 9.18 Å². The minimum absolute atomic E-state index is 0.00803. The second-order valence-electron chi connectivity index (χ2n) is 8.06. The van der Waals surface area contributed by atoms with E-state index in [-0.39, 0.29) is 23.1 Å². The van der Waals surface area contributed by atoms with Crippen molar-refractivity contribution >= 4 is 17.1 Å². The van der Waals surface area contributed by atoms with Gasteiger partial charge in [0.2, 0.25) is 0 Å². The van der Waals surface area contributed by atoms with Crippen LogP contribution in [-0.2, 0) is 6.42 Å². The minimum atomic E-state index is -0.336. The molecule has 6 heteroatoms. The molecule has 156 valence electrons. The van der Waals surface area contributed by atoms with Gasteiger partial charge >= 0.3 is 0 Å². The molecule has 1 aromatic carbocycles. The molecule has 3 aromatic rings. The van der Waals surface area contributed by atoms with Crippen LogP contribution >= 0.6 is 0 Å². The predicted octanol–water partition coefficient (Wildman–Crippen LogP) is 4.11. The van der Waals surface area contributed by atoms with Crippen LogP contribution in [-0.4, -0.2) is 28.3 Å². The number of benzene rings is 1. The maximum atomic E-state index is 13.1. The highest BCUT2D eigenvalue weighted by atomic mass is 19.1. The van der Waals surface area contributed by atoms with Crippen molar-refractivity contribution in [1.82, 2.24) is 9.38 Å². The molecule has 30 heavy (non-hydrogen) atoms. The van der Waals surface area contributed by atoms with Crippen LogP contribution in [0.25, 0.3) is 5.65 Å². The molecule has 0 spiro atoms. The van der Waals surface area contributed by atoms with Crippen molar-refractivity contribution in [3.63, 3.8) is 0 Å². The summed E-state index contributed by atoms with van der Waals surface area (Å²) < 4.78 is 14.8. The summed E-state index contributed by atoms with van der Waals surface area (Å²) in [5, 5.41) is 0. The molecule has 0 atom stereocenters. The molecule has 3 heterocycles. The lowest BCUT2D eigenvalue weighted by atomic mass is 9.88. The van der Waals surface area contributed by atoms with Gasteiger partial charge in [0.25, 0.3) is 5.56 Å². The molecule has 2 aromatic heterocycles. The van der Waals surface area contributed by atoms with E-state index in [0.717, 1.165) is 22.5 Å². The number of aryl methyl sites for hydroxylation is 2. The molecule has 0 amide bonds. The highest BCUT2D eigenvalue weighted by molar-refractivity contribution is 5.98. The van der Waals surface area contributed by atoms with Gasteiger partial charge in [0, 0.05) is 42.0 Å². The van der Waals surface area contributed by atoms with Crippen LogP contribution in [0.5, 0.6) is 0 Å². The number of aromatic nitrogens is 2. The fourth-order valence-electron chi connectivity index (χ4n) is 4.37. The summed E-state index contributed by atoms with van der Waals surface area (Å²) in [6.45, 7) is 7.25. The number of anilines is 1. The third-order valence-corrected chi connectivity index (χ3v) is 6.03. The van der Waals surface area contributed by atoms with Crippen LogP contribution in [0.3, 0.4) is 0 Å². The molecular formula is C24H26FN3O2. The quantitative estimate of drug-likeness (QED) is 0.611. The standard InChI is InChI=1S/C24H26FN3O2/c1-4-20-16(3)26-23-21(13-15(2)14-28(23)24(20)30)27-11-9-18(10-12-27)22(29)17-5-7-19(25)8-6-17/h5-8,13-14,18H,4,9-12H2,1-3H3. The first-order chi connectivity index (χ1) is 14.4. The Kier molecular flexibility index (Phi) is 5.41. The number of piperidine rings is 1. The Morgan fingerprint density at radius 1 is 1.17 bits per heavy atom. The number of fused-ring (bicyclic) bond motifs is 1. The van der Waals surface area contributed by atoms with E-state index in [1.807, 2.05) is 27.0 Å². The van der Waals surface area contributed by atoms with Gasteiger partial charge < -0.3 is 4.90 Å². The van der Waals surface area contributed by atoms with E-state index < -0.39 is 0 Å². The average molecular weight is 407 g/mol. The zero-order valence-corrected chi connectivity index (χ0v) is 17.6. The molecule has 1 aliphatic rings. The molecule has 1 fully saturated rings. The van der Waals surface area contributed by atoms with Gasteiger partial charge in [-0.25, -0.2) is 9.37 Å². The number of carbonyl (C=O) groups is 1. The number of Topliss-reactive ketones (excluding diaryl/α,β-unsaturated/α-hetero) is 1. The van der Waals surface area contributed by atoms with E-state index in [2.05, 4.69) is 11.0 Å². The smallest absolute Gasteiger partial charge is 0.261 e. The van der Waals surface area contributed by atoms with E-state index in [9.17, 15) is 14.0 Å². The Bertz CT molecular complexity index is 1160. The second kappa shape index (κ2) is 8.01. The van der Waals surface area contributed by atoms with Crippen molar-refractivity contribution in [2.75, 3.05) is 18.0 Å². The average Bonchev–Trinajstić information content (AvgIpc) is 2.74. The largest absolute Gasteiger partial charge is 0.368 e. The number of rotatable bonds is 4. The Labute approximate surface area is 175 Å². The molecule has 0 saturated carbocycles. The number of hydrogen-bond donors (Lipinski definition) is 0. The molecule has 4 rings (SSSR count). The van der Waals surface area contributed by atoms with Crippen LogP contribution < -0.4 is 10.5 Å². The molecule has 0 N–H and O–H groups in total. The maximum absolute atomic E-state index is 13.1. The number of nitrogens with zero attached hydrogens (tertiary/aromatic N) is 3. The van der Waals surface area contributed by atoms with Crippen molar-refractivity contribution in [1.29, 1.82) is 0 Å². The molecule has 0 unspecified atom stereocenters. The zero-order valence-electron chi connectivity index (χ0n) is 17.6. The molecule has 1 saturated heterocycles. The van der Waals surface area contributed by atoms with Crippen molar-refractivity contribution in [3.05, 3.63) is 75.1 Å². The summed E-state index contributed by atoms with van der Waals surface area (Å²) in [5.74, 6) is -0.342. The fraction of sp³-hybridized carbons (Fsp3) is 0.375. The molecular weight excluding hydrogens is 381 g/mol. The van der Waals surface area contributed by atoms with E-state index in [0.29, 0.717) is 43.6 Å². The van der Waals surface area contributed by atoms with Gasteiger partial charge in [-0.2, -0.15) is 0 Å². The lowest BCUT2D eigenvalue weighted by Gasteiger charge is -2.33. The van der Waals surface area contributed by atoms with Crippen LogP contribution in [0.1, 0.15) is 46.9 Å². The maximum Gasteiger partial charge on any atom is 0.261 e. The first-order valence-corrected chi connectivity index (χ1v) is 10.5. The number of pyridine rings is 1. The van der Waals surface area contributed by atoms with Gasteiger partial charge in [-0.15, -0.1) is 0 Å². The normalized spacial score (nSPS) is 15.0. The Morgan fingerprint density at radius 3 is 2.47 bits per heavy atom. The van der Waals surface area contributed by atoms with Gasteiger partial charge in [-0.1, -0.05) is 6.92 Å². The van der Waals surface area contributed by atoms with Crippen molar-refractivity contribution in [2.24, 2.45) is 5.92 Å². The van der Waals surface area contributed by atoms with Crippen molar-refractivity contribution in [3.8, 4) is 0 Å². The molecule has 1 aliphatic heterocycles. The summed E-state index contributed by atoms with van der Waals surface area (Å²) >= 11 is 0. The summed E-state index contributed by atoms with van der Waals surface area (Å²) in [5.41, 5.74) is 4.67. The number of halogens is 1. The van der Waals surface area contributed by atoms with E-state index in [1.54, 1.807) is 16.5 Å². The number of hydrogen-bond acceptors (Lipinski definition) is 4. The minimum Gasteiger partial charge on any atom is -0.368 e. The topological polar surface area (TPSA) is 54.7 Å². The summed E-state index contributed by atoms with van der Waals surface area (Å²) in [4.78, 5) is 32.7. The van der Waals surface area contributed by atoms with E-state index >= 15 is 0 Å². The van der Waals surface area contributed by atoms with Crippen LogP contribution in [0, 0.1) is 25.6 Å². The SMILES string of the molecule is CCc1c(C)nc2c(N3CCC(C(=O)c4ccc(F)cc4)CC3)cc(C)cn2c1=O. The first-order valence-electron chi connectivity index (χ1n) is 10.5. The lowest BCUT2D eigenvalue weighted by molar-refractivity contribution is 0.0900. The highest BCUT2D eigenvalue weighted by Crippen LogP contribution is 2.29. The van der Waals surface area contributed by atoms with E-state index in [4.69, 9.17) is 4.98 Å². The third kappa shape index (κ3) is 3.62. The summed E-state index contributed by atoms with van der Waals surface area (Å²) in [7, 11) is 0. The van der Waals surface area contributed by atoms with Crippen LogP contribution in [0.15, 0.2) is 41.3 Å². The monoisotopic (exact) mass is 407 g/mol. The van der Waals surface area contributed by atoms with Gasteiger partial charge in [0.1, 0.15) is 5.82 Å². The Morgan fingerprint density at radius 2 is 1.83 bits per heavy atom. The number of carbonyl (C=O) groups excluding carboxylic acids is 1. The van der Waals surface area contributed by atoms with E-state index in [1.165, 1.54) is 12.1 Å². The zero-order chi connectivity index (χ0) is 21.4. The highest BCUT2D eigenvalue weighted by Gasteiger charge is 2.27. The molecule has 0 radical (unpaired) electrons. The molecule has 0 aliphatic carbocycles. The van der Waals surface area contributed by atoms with Gasteiger partial charge in [-0.05, 0) is 69.0 Å². The fourth-order valence-corrected chi connectivity index (χ4v) is 4.37. The molecule has 0 bridgehead atoms. The lowest BCUT2D eigenvalue weighted by Crippen LogP contribution is -2.37. The Hall–Kier alpha value is -3.02. The van der Waals surface area contributed by atoms with Gasteiger partial charge in [0.15, 0.2) is 11.4 Å². The summed E-state index contributed by atoms with van der Waals surface area (Å²) in [6.07, 6.45) is 3.93. The first kappa shape index (κ1) is 20.3. The van der Waals surface area contributed by atoms with Crippen LogP contribution in [0.2, 0.25) is 0 Å².